The summed E-state index contributed by atoms with van der Waals surface area (Å²) in [6.45, 7) is 2.46. The summed E-state index contributed by atoms with van der Waals surface area (Å²) in [5, 5.41) is 0.404. The predicted molar refractivity (Wildman–Crippen MR) is 97.5 cm³/mol. The molecule has 0 aliphatic carbocycles. The topological polar surface area (TPSA) is 58.5 Å². The van der Waals surface area contributed by atoms with E-state index in [4.69, 9.17) is 0 Å². The zero-order valence-electron chi connectivity index (χ0n) is 13.2. The Morgan fingerprint density at radius 3 is 2.35 bits per heavy atom. The van der Waals surface area contributed by atoms with E-state index in [1.165, 1.54) is 17.3 Å². The van der Waals surface area contributed by atoms with Crippen molar-refractivity contribution < 1.29 is 8.42 Å². The molecule has 0 saturated carbocycles. The van der Waals surface area contributed by atoms with Gasteiger partial charge in [0.05, 0.1) is 4.90 Å². The molecule has 0 amide bonds. The van der Waals surface area contributed by atoms with Crippen LogP contribution in [0.4, 0.5) is 0 Å². The molecule has 0 bridgehead atoms. The highest BCUT2D eigenvalue weighted by molar-refractivity contribution is 8.14. The number of rotatable bonds is 5. The lowest BCUT2D eigenvalue weighted by molar-refractivity contribution is 0.593. The van der Waals surface area contributed by atoms with Crippen molar-refractivity contribution in [2.24, 2.45) is 4.99 Å². The zero-order valence-corrected chi connectivity index (χ0v) is 14.8. The highest BCUT2D eigenvalue weighted by Gasteiger charge is 2.15. The van der Waals surface area contributed by atoms with E-state index in [0.717, 1.165) is 12.0 Å². The van der Waals surface area contributed by atoms with Gasteiger partial charge in [-0.3, -0.25) is 9.71 Å². The quantitative estimate of drug-likeness (QED) is 0.667. The number of aliphatic imine (C=N–C) groups is 1. The van der Waals surface area contributed by atoms with Crippen LogP contribution in [0.1, 0.15) is 11.1 Å². The molecule has 0 atom stereocenters. The lowest BCUT2D eigenvalue weighted by atomic mass is 10.2. The van der Waals surface area contributed by atoms with Crippen molar-refractivity contribution in [3.63, 3.8) is 0 Å². The van der Waals surface area contributed by atoms with Gasteiger partial charge in [0.15, 0.2) is 5.17 Å². The molecule has 0 fully saturated rings. The van der Waals surface area contributed by atoms with Crippen LogP contribution in [-0.2, 0) is 16.4 Å². The number of hydrogen-bond donors (Lipinski definition) is 1. The predicted octanol–water partition coefficient (Wildman–Crippen LogP) is 3.24. The van der Waals surface area contributed by atoms with Gasteiger partial charge in [-0.05, 0) is 37.3 Å². The fourth-order valence-electron chi connectivity index (χ4n) is 1.96. The van der Waals surface area contributed by atoms with Crippen LogP contribution in [0.25, 0.3) is 0 Å². The molecule has 0 unspecified atom stereocenters. The van der Waals surface area contributed by atoms with Gasteiger partial charge in [0, 0.05) is 6.54 Å². The second kappa shape index (κ2) is 8.17. The highest BCUT2D eigenvalue weighted by Crippen LogP contribution is 2.11. The third kappa shape index (κ3) is 5.41. The van der Waals surface area contributed by atoms with E-state index >= 15 is 0 Å². The molecule has 0 heterocycles. The van der Waals surface area contributed by atoms with Crippen LogP contribution in [0.3, 0.4) is 0 Å². The van der Waals surface area contributed by atoms with Crippen LogP contribution in [0.2, 0.25) is 0 Å². The average Bonchev–Trinajstić information content (AvgIpc) is 2.55. The summed E-state index contributed by atoms with van der Waals surface area (Å²) in [5.74, 6) is 0. The number of benzene rings is 2. The van der Waals surface area contributed by atoms with E-state index in [2.05, 4.69) is 9.71 Å². The standard InChI is InChI=1S/C17H20N2O2S2/c1-14-8-10-16(11-9-14)23(20,21)19-17(22-2)18-13-12-15-6-4-3-5-7-15/h3-11H,12-13H2,1-2H3,(H,18,19). The average molecular weight is 348 g/mol. The Hall–Kier alpha value is -1.79. The Labute approximate surface area is 142 Å². The summed E-state index contributed by atoms with van der Waals surface area (Å²) >= 11 is 1.29. The molecule has 0 aliphatic heterocycles. The normalized spacial score (nSPS) is 12.2. The Kier molecular flexibility index (Phi) is 6.24. The third-order valence-corrected chi connectivity index (χ3v) is 5.35. The van der Waals surface area contributed by atoms with Gasteiger partial charge in [-0.25, -0.2) is 8.42 Å². The van der Waals surface area contributed by atoms with Crippen molar-refractivity contribution in [3.05, 3.63) is 65.7 Å². The first kappa shape index (κ1) is 17.6. The SMILES string of the molecule is CSC(=NCCc1ccccc1)NS(=O)(=O)c1ccc(C)cc1. The Balaban J connectivity index is 2.03. The molecule has 2 rings (SSSR count). The molecule has 0 aromatic heterocycles. The molecule has 122 valence electrons. The molecule has 0 aliphatic rings. The number of amidine groups is 1. The largest absolute Gasteiger partial charge is 0.263 e. The van der Waals surface area contributed by atoms with Gasteiger partial charge >= 0.3 is 0 Å². The number of nitrogens with one attached hydrogen (secondary N) is 1. The van der Waals surface area contributed by atoms with Crippen LogP contribution < -0.4 is 4.72 Å². The molecule has 0 saturated heterocycles. The van der Waals surface area contributed by atoms with Gasteiger partial charge in [-0.15, -0.1) is 0 Å². The number of nitrogens with zero attached hydrogens (tertiary/aromatic N) is 1. The van der Waals surface area contributed by atoms with Crippen molar-refractivity contribution in [1.29, 1.82) is 0 Å². The molecule has 0 spiro atoms. The smallest absolute Gasteiger partial charge is 0.262 e. The first-order chi connectivity index (χ1) is 11.0. The van der Waals surface area contributed by atoms with Crippen LogP contribution >= 0.6 is 11.8 Å². The van der Waals surface area contributed by atoms with Crippen LogP contribution in [0.5, 0.6) is 0 Å². The number of hydrogen-bond acceptors (Lipinski definition) is 4. The number of thioether (sulfide) groups is 1. The van der Waals surface area contributed by atoms with Gasteiger partial charge in [0.2, 0.25) is 0 Å². The molecule has 23 heavy (non-hydrogen) atoms. The lowest BCUT2D eigenvalue weighted by Crippen LogP contribution is -2.28. The first-order valence-electron chi connectivity index (χ1n) is 7.23. The van der Waals surface area contributed by atoms with E-state index in [0.29, 0.717) is 11.7 Å². The van der Waals surface area contributed by atoms with Gasteiger partial charge in [0.1, 0.15) is 0 Å². The fourth-order valence-corrected chi connectivity index (χ4v) is 3.75. The summed E-state index contributed by atoms with van der Waals surface area (Å²) in [6.07, 6.45) is 2.58. The monoisotopic (exact) mass is 348 g/mol. The van der Waals surface area contributed by atoms with Crippen LogP contribution in [0.15, 0.2) is 64.5 Å². The van der Waals surface area contributed by atoms with Crippen molar-refractivity contribution in [2.45, 2.75) is 18.2 Å². The summed E-state index contributed by atoms with van der Waals surface area (Å²) in [5.41, 5.74) is 2.20. The fraction of sp³-hybridized carbons (Fsp3) is 0.235. The summed E-state index contributed by atoms with van der Waals surface area (Å²) in [4.78, 5) is 4.60. The van der Waals surface area contributed by atoms with Crippen molar-refractivity contribution in [3.8, 4) is 0 Å². The van der Waals surface area contributed by atoms with E-state index in [-0.39, 0.29) is 4.90 Å². The van der Waals surface area contributed by atoms with E-state index < -0.39 is 10.0 Å². The minimum atomic E-state index is -3.59. The maximum atomic E-state index is 12.3. The lowest BCUT2D eigenvalue weighted by Gasteiger charge is -2.09. The molecule has 1 N–H and O–H groups in total. The molecule has 2 aromatic carbocycles. The maximum absolute atomic E-state index is 12.3. The molecular weight excluding hydrogens is 328 g/mol. The van der Waals surface area contributed by atoms with Crippen molar-refractivity contribution in [1.82, 2.24) is 4.72 Å². The van der Waals surface area contributed by atoms with Gasteiger partial charge in [0.25, 0.3) is 10.0 Å². The Bertz CT molecular complexity index is 755. The Morgan fingerprint density at radius 1 is 1.09 bits per heavy atom. The van der Waals surface area contributed by atoms with Gasteiger partial charge < -0.3 is 0 Å². The summed E-state index contributed by atoms with van der Waals surface area (Å²) < 4.78 is 27.2. The molecule has 4 nitrogen and oxygen atoms in total. The van der Waals surface area contributed by atoms with Gasteiger partial charge in [-0.2, -0.15) is 0 Å². The van der Waals surface area contributed by atoms with Gasteiger partial charge in [-0.1, -0.05) is 59.8 Å². The minimum Gasteiger partial charge on any atom is -0.262 e. The maximum Gasteiger partial charge on any atom is 0.263 e. The Morgan fingerprint density at radius 2 is 1.74 bits per heavy atom. The second-order valence-electron chi connectivity index (χ2n) is 5.05. The molecule has 6 heteroatoms. The summed E-state index contributed by atoms with van der Waals surface area (Å²) in [6, 6.07) is 16.7. The van der Waals surface area contributed by atoms with Crippen LogP contribution in [0, 0.1) is 6.92 Å². The molecular formula is C17H20N2O2S2. The van der Waals surface area contributed by atoms with Crippen molar-refractivity contribution in [2.75, 3.05) is 12.8 Å². The van der Waals surface area contributed by atoms with E-state index in [1.54, 1.807) is 30.5 Å². The highest BCUT2D eigenvalue weighted by atomic mass is 32.2. The van der Waals surface area contributed by atoms with E-state index in [9.17, 15) is 8.42 Å². The minimum absolute atomic E-state index is 0.243. The second-order valence-corrected chi connectivity index (χ2v) is 7.52. The molecule has 0 radical (unpaired) electrons. The first-order valence-corrected chi connectivity index (χ1v) is 9.94. The molecule has 2 aromatic rings. The number of aryl methyl sites for hydroxylation is 1. The van der Waals surface area contributed by atoms with Crippen LogP contribution in [-0.4, -0.2) is 26.4 Å². The van der Waals surface area contributed by atoms with Crippen molar-refractivity contribution >= 4 is 27.0 Å². The third-order valence-electron chi connectivity index (χ3n) is 3.25. The number of sulfonamides is 1. The summed E-state index contributed by atoms with van der Waals surface area (Å²) in [7, 11) is -3.59. The van der Waals surface area contributed by atoms with E-state index in [1.807, 2.05) is 37.3 Å². The zero-order chi connectivity index (χ0) is 16.7.